The van der Waals surface area contributed by atoms with Crippen molar-refractivity contribution < 1.29 is 0 Å². The molecule has 3 nitrogen and oxygen atoms in total. The molecule has 1 aromatic carbocycles. The van der Waals surface area contributed by atoms with Gasteiger partial charge in [-0.2, -0.15) is 0 Å². The molecule has 0 spiro atoms. The lowest BCUT2D eigenvalue weighted by atomic mass is 9.85. The normalized spacial score (nSPS) is 28.1. The van der Waals surface area contributed by atoms with E-state index in [1.165, 1.54) is 30.6 Å². The first-order chi connectivity index (χ1) is 10.2. The fourth-order valence-electron chi connectivity index (χ4n) is 4.27. The third-order valence-corrected chi connectivity index (χ3v) is 5.62. The Morgan fingerprint density at radius 2 is 2.10 bits per heavy atom. The molecule has 3 heterocycles. The van der Waals surface area contributed by atoms with Gasteiger partial charge in [0, 0.05) is 36.8 Å². The SMILES string of the molecule is CC1(C)C2CNCC2CN1Cc1ccnc2ccccc12. The minimum atomic E-state index is 0.276. The summed E-state index contributed by atoms with van der Waals surface area (Å²) in [5, 5.41) is 4.85. The quantitative estimate of drug-likeness (QED) is 0.917. The molecule has 0 amide bonds. The van der Waals surface area contributed by atoms with Crippen LogP contribution >= 0.6 is 0 Å². The van der Waals surface area contributed by atoms with Crippen molar-refractivity contribution in [1.29, 1.82) is 0 Å². The molecule has 2 aromatic rings. The minimum absolute atomic E-state index is 0.276. The van der Waals surface area contributed by atoms with E-state index in [4.69, 9.17) is 0 Å². The fraction of sp³-hybridized carbons (Fsp3) is 0.500. The van der Waals surface area contributed by atoms with Crippen LogP contribution in [0.25, 0.3) is 10.9 Å². The Kier molecular flexibility index (Phi) is 3.02. The number of para-hydroxylation sites is 1. The molecular formula is C18H23N3. The Hall–Kier alpha value is -1.45. The Bertz CT molecular complexity index is 659. The molecule has 2 atom stereocenters. The second-order valence-corrected chi connectivity index (χ2v) is 7.05. The molecule has 2 saturated heterocycles. The predicted molar refractivity (Wildman–Crippen MR) is 86.1 cm³/mol. The highest BCUT2D eigenvalue weighted by atomic mass is 15.2. The van der Waals surface area contributed by atoms with Crippen molar-refractivity contribution in [1.82, 2.24) is 15.2 Å². The Labute approximate surface area is 126 Å². The van der Waals surface area contributed by atoms with Gasteiger partial charge in [-0.1, -0.05) is 18.2 Å². The summed E-state index contributed by atoms with van der Waals surface area (Å²) in [6, 6.07) is 10.7. The lowest BCUT2D eigenvalue weighted by Gasteiger charge is -2.36. The van der Waals surface area contributed by atoms with Gasteiger partial charge in [-0.15, -0.1) is 0 Å². The molecule has 110 valence electrons. The van der Waals surface area contributed by atoms with Gasteiger partial charge in [-0.3, -0.25) is 9.88 Å². The van der Waals surface area contributed by atoms with Gasteiger partial charge in [0.05, 0.1) is 5.52 Å². The molecule has 2 unspecified atom stereocenters. The van der Waals surface area contributed by atoms with E-state index < -0.39 is 0 Å². The second-order valence-electron chi connectivity index (χ2n) is 7.05. The Morgan fingerprint density at radius 3 is 2.95 bits per heavy atom. The summed E-state index contributed by atoms with van der Waals surface area (Å²) >= 11 is 0. The topological polar surface area (TPSA) is 28.2 Å². The lowest BCUT2D eigenvalue weighted by molar-refractivity contribution is 0.132. The fourth-order valence-corrected chi connectivity index (χ4v) is 4.27. The first-order valence-electron chi connectivity index (χ1n) is 7.94. The number of nitrogens with zero attached hydrogens (tertiary/aromatic N) is 2. The summed E-state index contributed by atoms with van der Waals surface area (Å²) in [4.78, 5) is 7.15. The Morgan fingerprint density at radius 1 is 1.24 bits per heavy atom. The maximum atomic E-state index is 4.48. The van der Waals surface area contributed by atoms with Gasteiger partial charge < -0.3 is 5.32 Å². The molecule has 0 bridgehead atoms. The Balaban J connectivity index is 1.66. The standard InChI is InChI=1S/C18H23N3/c1-18(2)16-10-19-9-14(16)12-21(18)11-13-7-8-20-17-6-4-3-5-15(13)17/h3-8,14,16,19H,9-12H2,1-2H3. The van der Waals surface area contributed by atoms with Crippen LogP contribution in [-0.4, -0.2) is 35.1 Å². The molecule has 2 fully saturated rings. The molecular weight excluding hydrogens is 258 g/mol. The number of aromatic nitrogens is 1. The van der Waals surface area contributed by atoms with E-state index >= 15 is 0 Å². The average molecular weight is 281 g/mol. The number of pyridine rings is 1. The highest BCUT2D eigenvalue weighted by molar-refractivity contribution is 5.81. The van der Waals surface area contributed by atoms with Crippen molar-refractivity contribution in [3.63, 3.8) is 0 Å². The van der Waals surface area contributed by atoms with Crippen LogP contribution < -0.4 is 5.32 Å². The molecule has 0 radical (unpaired) electrons. The maximum absolute atomic E-state index is 4.48. The zero-order valence-electron chi connectivity index (χ0n) is 12.8. The van der Waals surface area contributed by atoms with Crippen LogP contribution in [0, 0.1) is 11.8 Å². The van der Waals surface area contributed by atoms with Crippen LogP contribution in [0.1, 0.15) is 19.4 Å². The van der Waals surface area contributed by atoms with Crippen LogP contribution in [0.4, 0.5) is 0 Å². The van der Waals surface area contributed by atoms with Crippen LogP contribution in [0.15, 0.2) is 36.5 Å². The van der Waals surface area contributed by atoms with Gasteiger partial charge in [0.2, 0.25) is 0 Å². The maximum Gasteiger partial charge on any atom is 0.0705 e. The van der Waals surface area contributed by atoms with Gasteiger partial charge in [-0.05, 0) is 49.9 Å². The summed E-state index contributed by atoms with van der Waals surface area (Å²) in [5.41, 5.74) is 2.79. The predicted octanol–water partition coefficient (Wildman–Crippen LogP) is 2.66. The number of benzene rings is 1. The van der Waals surface area contributed by atoms with Gasteiger partial charge in [0.25, 0.3) is 0 Å². The van der Waals surface area contributed by atoms with Crippen molar-refractivity contribution in [2.75, 3.05) is 19.6 Å². The van der Waals surface area contributed by atoms with Crippen molar-refractivity contribution in [3.8, 4) is 0 Å². The van der Waals surface area contributed by atoms with Crippen molar-refractivity contribution in [2.24, 2.45) is 11.8 Å². The zero-order valence-corrected chi connectivity index (χ0v) is 12.8. The number of hydrogen-bond donors (Lipinski definition) is 1. The molecule has 0 aliphatic carbocycles. The van der Waals surface area contributed by atoms with E-state index in [-0.39, 0.29) is 5.54 Å². The van der Waals surface area contributed by atoms with Crippen LogP contribution in [0.5, 0.6) is 0 Å². The largest absolute Gasteiger partial charge is 0.316 e. The first-order valence-corrected chi connectivity index (χ1v) is 7.94. The molecule has 21 heavy (non-hydrogen) atoms. The highest BCUT2D eigenvalue weighted by Gasteiger charge is 2.49. The van der Waals surface area contributed by atoms with Gasteiger partial charge in [0.15, 0.2) is 0 Å². The van der Waals surface area contributed by atoms with Crippen LogP contribution in [0.2, 0.25) is 0 Å². The minimum Gasteiger partial charge on any atom is -0.316 e. The summed E-state index contributed by atoms with van der Waals surface area (Å²) < 4.78 is 0. The lowest BCUT2D eigenvalue weighted by Crippen LogP contribution is -2.43. The van der Waals surface area contributed by atoms with Gasteiger partial charge in [-0.25, -0.2) is 0 Å². The number of fused-ring (bicyclic) bond motifs is 2. The van der Waals surface area contributed by atoms with E-state index in [2.05, 4.69) is 59.4 Å². The van der Waals surface area contributed by atoms with E-state index in [0.717, 1.165) is 23.9 Å². The summed E-state index contributed by atoms with van der Waals surface area (Å²) in [6.07, 6.45) is 1.95. The molecule has 4 rings (SSSR count). The van der Waals surface area contributed by atoms with E-state index in [1.54, 1.807) is 0 Å². The monoisotopic (exact) mass is 281 g/mol. The molecule has 1 N–H and O–H groups in total. The zero-order chi connectivity index (χ0) is 14.4. The number of hydrogen-bond acceptors (Lipinski definition) is 3. The van der Waals surface area contributed by atoms with Crippen molar-refractivity contribution >= 4 is 10.9 Å². The smallest absolute Gasteiger partial charge is 0.0705 e. The van der Waals surface area contributed by atoms with Crippen molar-refractivity contribution in [3.05, 3.63) is 42.1 Å². The first kappa shape index (κ1) is 13.2. The molecule has 3 heteroatoms. The van der Waals surface area contributed by atoms with E-state index in [1.807, 2.05) is 6.20 Å². The highest BCUT2D eigenvalue weighted by Crippen LogP contribution is 2.41. The van der Waals surface area contributed by atoms with E-state index in [0.29, 0.717) is 0 Å². The van der Waals surface area contributed by atoms with Crippen LogP contribution in [0.3, 0.4) is 0 Å². The molecule has 2 aliphatic rings. The molecule has 2 aliphatic heterocycles. The number of nitrogens with one attached hydrogen (secondary N) is 1. The number of rotatable bonds is 2. The number of likely N-dealkylation sites (tertiary alicyclic amines) is 1. The molecule has 0 saturated carbocycles. The van der Waals surface area contributed by atoms with Gasteiger partial charge >= 0.3 is 0 Å². The second kappa shape index (κ2) is 4.79. The molecule has 1 aromatic heterocycles. The third kappa shape index (κ3) is 2.07. The average Bonchev–Trinajstić information content (AvgIpc) is 3.03. The van der Waals surface area contributed by atoms with Crippen LogP contribution in [-0.2, 0) is 6.54 Å². The van der Waals surface area contributed by atoms with Crippen molar-refractivity contribution in [2.45, 2.75) is 25.9 Å². The summed E-state index contributed by atoms with van der Waals surface area (Å²) in [6.45, 7) is 9.42. The summed E-state index contributed by atoms with van der Waals surface area (Å²) in [5.74, 6) is 1.60. The van der Waals surface area contributed by atoms with E-state index in [9.17, 15) is 0 Å². The van der Waals surface area contributed by atoms with Gasteiger partial charge in [0.1, 0.15) is 0 Å². The third-order valence-electron chi connectivity index (χ3n) is 5.62. The summed E-state index contributed by atoms with van der Waals surface area (Å²) in [7, 11) is 0.